The molecule has 1 heterocycles. The molecule has 0 spiro atoms. The number of carbonyl (C=O) groups is 1. The number of piperazine rings is 1. The van der Waals surface area contributed by atoms with Crippen LogP contribution in [0.3, 0.4) is 0 Å². The Morgan fingerprint density at radius 1 is 1.04 bits per heavy atom. The molecular weight excluding hydrogens is 350 g/mol. The van der Waals surface area contributed by atoms with E-state index >= 15 is 0 Å². The number of amides is 1. The average Bonchev–Trinajstić information content (AvgIpc) is 2.65. The van der Waals surface area contributed by atoms with Crippen LogP contribution in [0.5, 0.6) is 5.75 Å². The SMILES string of the molecule is CN1CCN(c2ccc(NC(=O)CCOc3ccc(Cl)cc3)cc2)CC1. The van der Waals surface area contributed by atoms with E-state index in [1.807, 2.05) is 12.1 Å². The van der Waals surface area contributed by atoms with Crippen LogP contribution in [0.15, 0.2) is 48.5 Å². The van der Waals surface area contributed by atoms with Crippen LogP contribution in [0.1, 0.15) is 6.42 Å². The van der Waals surface area contributed by atoms with Gasteiger partial charge in [-0.05, 0) is 55.6 Å². The second-order valence-electron chi connectivity index (χ2n) is 6.44. The minimum Gasteiger partial charge on any atom is -0.493 e. The molecule has 0 aliphatic carbocycles. The maximum Gasteiger partial charge on any atom is 0.227 e. The van der Waals surface area contributed by atoms with Gasteiger partial charge in [-0.15, -0.1) is 0 Å². The van der Waals surface area contributed by atoms with Crippen LogP contribution < -0.4 is 15.0 Å². The number of nitrogens with one attached hydrogen (secondary N) is 1. The minimum atomic E-state index is -0.0636. The highest BCUT2D eigenvalue weighted by molar-refractivity contribution is 6.30. The van der Waals surface area contributed by atoms with E-state index in [4.69, 9.17) is 16.3 Å². The van der Waals surface area contributed by atoms with E-state index in [0.29, 0.717) is 23.8 Å². The van der Waals surface area contributed by atoms with E-state index in [0.717, 1.165) is 31.9 Å². The molecule has 5 nitrogen and oxygen atoms in total. The highest BCUT2D eigenvalue weighted by Crippen LogP contribution is 2.19. The van der Waals surface area contributed by atoms with E-state index in [2.05, 4.69) is 34.3 Å². The number of halogens is 1. The molecule has 1 N–H and O–H groups in total. The van der Waals surface area contributed by atoms with Gasteiger partial charge in [0.25, 0.3) is 0 Å². The molecule has 0 saturated carbocycles. The molecule has 1 amide bonds. The molecule has 3 rings (SSSR count). The van der Waals surface area contributed by atoms with E-state index in [9.17, 15) is 4.79 Å². The fourth-order valence-corrected chi connectivity index (χ4v) is 2.96. The minimum absolute atomic E-state index is 0.0636. The predicted molar refractivity (Wildman–Crippen MR) is 106 cm³/mol. The summed E-state index contributed by atoms with van der Waals surface area (Å²) in [6.45, 7) is 4.54. The van der Waals surface area contributed by atoms with E-state index in [1.54, 1.807) is 24.3 Å². The van der Waals surface area contributed by atoms with Crippen LogP contribution in [-0.2, 0) is 4.79 Å². The monoisotopic (exact) mass is 373 g/mol. The Morgan fingerprint density at radius 3 is 2.35 bits per heavy atom. The summed E-state index contributed by atoms with van der Waals surface area (Å²) in [7, 11) is 2.15. The fourth-order valence-electron chi connectivity index (χ4n) is 2.84. The van der Waals surface area contributed by atoms with Crippen molar-refractivity contribution in [3.63, 3.8) is 0 Å². The molecule has 138 valence electrons. The van der Waals surface area contributed by atoms with Crippen molar-refractivity contribution >= 4 is 28.9 Å². The maximum atomic E-state index is 12.1. The molecule has 2 aromatic carbocycles. The third kappa shape index (κ3) is 5.38. The first-order valence-electron chi connectivity index (χ1n) is 8.82. The number of benzene rings is 2. The number of rotatable bonds is 6. The lowest BCUT2D eigenvalue weighted by molar-refractivity contribution is -0.116. The largest absolute Gasteiger partial charge is 0.493 e. The summed E-state index contributed by atoms with van der Waals surface area (Å²) < 4.78 is 5.55. The van der Waals surface area contributed by atoms with Crippen LogP contribution in [0, 0.1) is 0 Å². The van der Waals surface area contributed by atoms with E-state index < -0.39 is 0 Å². The standard InChI is InChI=1S/C20H24ClN3O2/c1-23-11-13-24(14-12-23)18-6-4-17(5-7-18)22-20(25)10-15-26-19-8-2-16(21)3-9-19/h2-9H,10-15H2,1H3,(H,22,25). The van der Waals surface area contributed by atoms with Gasteiger partial charge >= 0.3 is 0 Å². The molecule has 6 heteroatoms. The Labute approximate surface area is 159 Å². The number of ether oxygens (including phenoxy) is 1. The van der Waals surface area contributed by atoms with E-state index in [-0.39, 0.29) is 5.91 Å². The first-order valence-corrected chi connectivity index (χ1v) is 9.20. The van der Waals surface area contributed by atoms with Gasteiger partial charge in [-0.3, -0.25) is 4.79 Å². The molecule has 1 saturated heterocycles. The van der Waals surface area contributed by atoms with Crippen molar-refractivity contribution in [3.8, 4) is 5.75 Å². The number of nitrogens with zero attached hydrogens (tertiary/aromatic N) is 2. The summed E-state index contributed by atoms with van der Waals surface area (Å²) >= 11 is 5.83. The lowest BCUT2D eigenvalue weighted by Gasteiger charge is -2.34. The maximum absolute atomic E-state index is 12.1. The van der Waals surface area contributed by atoms with Gasteiger partial charge in [0.1, 0.15) is 5.75 Å². The molecule has 0 radical (unpaired) electrons. The molecule has 0 bridgehead atoms. The van der Waals surface area contributed by atoms with Crippen molar-refractivity contribution in [3.05, 3.63) is 53.6 Å². The van der Waals surface area contributed by atoms with Crippen molar-refractivity contribution in [1.82, 2.24) is 4.90 Å². The first kappa shape index (κ1) is 18.5. The van der Waals surface area contributed by atoms with Crippen LogP contribution in [-0.4, -0.2) is 50.6 Å². The zero-order chi connectivity index (χ0) is 18.4. The summed E-state index contributed by atoms with van der Waals surface area (Å²) in [6, 6.07) is 15.1. The number of hydrogen-bond acceptors (Lipinski definition) is 4. The smallest absolute Gasteiger partial charge is 0.227 e. The van der Waals surface area contributed by atoms with Gasteiger partial charge < -0.3 is 19.9 Å². The fraction of sp³-hybridized carbons (Fsp3) is 0.350. The second kappa shape index (κ2) is 8.92. The summed E-state index contributed by atoms with van der Waals surface area (Å²) in [5, 5.41) is 3.57. The van der Waals surface area contributed by atoms with Crippen LogP contribution in [0.4, 0.5) is 11.4 Å². The van der Waals surface area contributed by atoms with Crippen molar-refractivity contribution in [2.24, 2.45) is 0 Å². The first-order chi connectivity index (χ1) is 12.6. The molecule has 1 aliphatic heterocycles. The van der Waals surface area contributed by atoms with Gasteiger partial charge in [-0.1, -0.05) is 11.6 Å². The number of anilines is 2. The van der Waals surface area contributed by atoms with Crippen molar-refractivity contribution in [2.45, 2.75) is 6.42 Å². The van der Waals surface area contributed by atoms with Gasteiger partial charge in [0.05, 0.1) is 13.0 Å². The van der Waals surface area contributed by atoms with E-state index in [1.165, 1.54) is 5.69 Å². The Bertz CT molecular complexity index is 711. The van der Waals surface area contributed by atoms with Gasteiger partial charge in [0.15, 0.2) is 0 Å². The summed E-state index contributed by atoms with van der Waals surface area (Å²) in [5.74, 6) is 0.644. The molecule has 0 aromatic heterocycles. The molecule has 0 unspecified atom stereocenters. The molecule has 1 fully saturated rings. The van der Waals surface area contributed by atoms with Crippen LogP contribution in [0.25, 0.3) is 0 Å². The topological polar surface area (TPSA) is 44.8 Å². The number of likely N-dealkylation sites (N-methyl/N-ethyl adjacent to an activating group) is 1. The Hall–Kier alpha value is -2.24. The van der Waals surface area contributed by atoms with Crippen molar-refractivity contribution < 1.29 is 9.53 Å². The average molecular weight is 374 g/mol. The summed E-state index contributed by atoms with van der Waals surface area (Å²) in [4.78, 5) is 16.7. The zero-order valence-corrected chi connectivity index (χ0v) is 15.7. The van der Waals surface area contributed by atoms with Gasteiger partial charge in [0.2, 0.25) is 5.91 Å². The molecule has 1 aliphatic rings. The normalized spacial score (nSPS) is 14.9. The zero-order valence-electron chi connectivity index (χ0n) is 15.0. The summed E-state index contributed by atoms with van der Waals surface area (Å²) in [6.07, 6.45) is 0.294. The molecule has 2 aromatic rings. The Kier molecular flexibility index (Phi) is 6.36. The predicted octanol–water partition coefficient (Wildman–Crippen LogP) is 3.50. The Morgan fingerprint density at radius 2 is 1.69 bits per heavy atom. The molecular formula is C20H24ClN3O2. The third-order valence-electron chi connectivity index (χ3n) is 4.43. The van der Waals surface area contributed by atoms with Crippen molar-refractivity contribution in [2.75, 3.05) is 50.1 Å². The lowest BCUT2D eigenvalue weighted by atomic mass is 10.2. The van der Waals surface area contributed by atoms with Gasteiger partial charge in [-0.2, -0.15) is 0 Å². The Balaban J connectivity index is 1.43. The van der Waals surface area contributed by atoms with Crippen LogP contribution in [0.2, 0.25) is 5.02 Å². The summed E-state index contributed by atoms with van der Waals surface area (Å²) in [5.41, 5.74) is 2.00. The number of carbonyl (C=O) groups excluding carboxylic acids is 1. The lowest BCUT2D eigenvalue weighted by Crippen LogP contribution is -2.44. The molecule has 26 heavy (non-hydrogen) atoms. The van der Waals surface area contributed by atoms with Crippen molar-refractivity contribution in [1.29, 1.82) is 0 Å². The quantitative estimate of drug-likeness (QED) is 0.841. The molecule has 0 atom stereocenters. The van der Waals surface area contributed by atoms with Gasteiger partial charge in [-0.25, -0.2) is 0 Å². The number of hydrogen-bond donors (Lipinski definition) is 1. The van der Waals surface area contributed by atoms with Gasteiger partial charge in [0, 0.05) is 42.6 Å². The second-order valence-corrected chi connectivity index (χ2v) is 6.87. The third-order valence-corrected chi connectivity index (χ3v) is 4.68. The van der Waals surface area contributed by atoms with Crippen LogP contribution >= 0.6 is 11.6 Å². The highest BCUT2D eigenvalue weighted by Gasteiger charge is 2.14. The highest BCUT2D eigenvalue weighted by atomic mass is 35.5.